The second-order valence-corrected chi connectivity index (χ2v) is 5.15. The fourth-order valence-electron chi connectivity index (χ4n) is 1.64. The van der Waals surface area contributed by atoms with Crippen LogP contribution in [0.5, 0.6) is 0 Å². The molecular weight excluding hydrogens is 230 g/mol. The average molecular weight is 251 g/mol. The summed E-state index contributed by atoms with van der Waals surface area (Å²) in [6.45, 7) is 8.07. The minimum Gasteiger partial charge on any atom is -0.480 e. The van der Waals surface area contributed by atoms with E-state index in [1.165, 1.54) is 6.33 Å². The first kappa shape index (κ1) is 14.4. The highest BCUT2D eigenvalue weighted by Crippen LogP contribution is 2.16. The lowest BCUT2D eigenvalue weighted by Crippen LogP contribution is -2.31. The van der Waals surface area contributed by atoms with Crippen LogP contribution in [0.1, 0.15) is 45.7 Å². The van der Waals surface area contributed by atoms with E-state index in [1.807, 2.05) is 27.7 Å². The Morgan fingerprint density at radius 1 is 1.33 bits per heavy atom. The highest BCUT2D eigenvalue weighted by Gasteiger charge is 2.19. The molecule has 1 rings (SSSR count). The Bertz CT molecular complexity index is 405. The van der Waals surface area contributed by atoms with Gasteiger partial charge in [0.1, 0.15) is 18.2 Å². The van der Waals surface area contributed by atoms with Gasteiger partial charge in [0, 0.05) is 11.8 Å². The van der Waals surface area contributed by atoms with Crippen LogP contribution in [0.3, 0.4) is 0 Å². The molecule has 1 heterocycles. The topological polar surface area (TPSA) is 75.1 Å². The van der Waals surface area contributed by atoms with Gasteiger partial charge in [-0.1, -0.05) is 27.7 Å². The maximum absolute atomic E-state index is 11.2. The van der Waals surface area contributed by atoms with Crippen molar-refractivity contribution in [3.05, 3.63) is 18.1 Å². The van der Waals surface area contributed by atoms with Crippen molar-refractivity contribution in [1.29, 1.82) is 0 Å². The van der Waals surface area contributed by atoms with Crippen LogP contribution in [0.2, 0.25) is 0 Å². The highest BCUT2D eigenvalue weighted by atomic mass is 16.4. The van der Waals surface area contributed by atoms with Crippen LogP contribution in [-0.2, 0) is 4.79 Å². The van der Waals surface area contributed by atoms with Gasteiger partial charge in [0.2, 0.25) is 0 Å². The first-order valence-corrected chi connectivity index (χ1v) is 6.21. The molecule has 0 amide bonds. The van der Waals surface area contributed by atoms with Crippen molar-refractivity contribution in [1.82, 2.24) is 9.97 Å². The van der Waals surface area contributed by atoms with Gasteiger partial charge in [0.05, 0.1) is 0 Å². The van der Waals surface area contributed by atoms with Crippen molar-refractivity contribution in [2.75, 3.05) is 5.32 Å². The molecule has 1 atom stereocenters. The Hall–Kier alpha value is -1.65. The number of hydrogen-bond acceptors (Lipinski definition) is 4. The fourth-order valence-corrected chi connectivity index (χ4v) is 1.64. The molecule has 0 aromatic carbocycles. The number of nitrogens with one attached hydrogen (secondary N) is 1. The maximum Gasteiger partial charge on any atom is 0.326 e. The minimum absolute atomic E-state index is 0.293. The third-order valence-corrected chi connectivity index (χ3v) is 2.61. The Labute approximate surface area is 108 Å². The van der Waals surface area contributed by atoms with Crippen molar-refractivity contribution in [2.24, 2.45) is 5.92 Å². The van der Waals surface area contributed by atoms with Crippen LogP contribution in [0.25, 0.3) is 0 Å². The van der Waals surface area contributed by atoms with Crippen molar-refractivity contribution in [3.8, 4) is 0 Å². The third kappa shape index (κ3) is 4.31. The number of hydrogen-bond donors (Lipinski definition) is 2. The standard InChI is InChI=1S/C13H21N3O2/c1-8(2)5-11(13(17)18)16-12-6-10(9(3)4)14-7-15-12/h6-9,11H,5H2,1-4H3,(H,17,18)(H,14,15,16)/t11-/m0/s1. The molecule has 0 aliphatic rings. The summed E-state index contributed by atoms with van der Waals surface area (Å²) in [6, 6.07) is 1.20. The Balaban J connectivity index is 2.80. The van der Waals surface area contributed by atoms with Crippen molar-refractivity contribution in [3.63, 3.8) is 0 Å². The van der Waals surface area contributed by atoms with Crippen LogP contribution in [0.15, 0.2) is 12.4 Å². The number of anilines is 1. The lowest BCUT2D eigenvalue weighted by Gasteiger charge is -2.17. The quantitative estimate of drug-likeness (QED) is 0.812. The van der Waals surface area contributed by atoms with Crippen molar-refractivity contribution >= 4 is 11.8 Å². The van der Waals surface area contributed by atoms with Gasteiger partial charge in [-0.25, -0.2) is 14.8 Å². The fraction of sp³-hybridized carbons (Fsp3) is 0.615. The number of carboxylic acid groups (broad SMARTS) is 1. The molecule has 0 saturated carbocycles. The molecule has 0 fully saturated rings. The minimum atomic E-state index is -0.853. The van der Waals surface area contributed by atoms with E-state index in [0.29, 0.717) is 24.1 Å². The number of carboxylic acids is 1. The largest absolute Gasteiger partial charge is 0.480 e. The number of nitrogens with zero attached hydrogens (tertiary/aromatic N) is 2. The molecule has 1 aromatic heterocycles. The zero-order valence-electron chi connectivity index (χ0n) is 11.3. The number of aromatic nitrogens is 2. The molecule has 5 heteroatoms. The Kier molecular flexibility index (Phi) is 5.07. The Morgan fingerprint density at radius 2 is 2.00 bits per heavy atom. The molecule has 0 bridgehead atoms. The predicted octanol–water partition coefficient (Wildman–Crippen LogP) is 2.51. The number of rotatable bonds is 6. The summed E-state index contributed by atoms with van der Waals surface area (Å²) in [6.07, 6.45) is 2.03. The molecule has 2 N–H and O–H groups in total. The summed E-state index contributed by atoms with van der Waals surface area (Å²) >= 11 is 0. The maximum atomic E-state index is 11.2. The van der Waals surface area contributed by atoms with Crippen LogP contribution in [0.4, 0.5) is 5.82 Å². The smallest absolute Gasteiger partial charge is 0.326 e. The molecule has 0 radical (unpaired) electrons. The van der Waals surface area contributed by atoms with Crippen molar-refractivity contribution in [2.45, 2.75) is 46.1 Å². The average Bonchev–Trinajstić information content (AvgIpc) is 2.27. The molecule has 0 unspecified atom stereocenters. The molecule has 5 nitrogen and oxygen atoms in total. The zero-order chi connectivity index (χ0) is 13.7. The van der Waals surface area contributed by atoms with E-state index in [4.69, 9.17) is 5.11 Å². The zero-order valence-corrected chi connectivity index (χ0v) is 11.3. The molecule has 0 aliphatic carbocycles. The first-order valence-electron chi connectivity index (χ1n) is 6.21. The van der Waals surface area contributed by atoms with Gasteiger partial charge in [-0.05, 0) is 18.3 Å². The SMILES string of the molecule is CC(C)C[C@H](Nc1cc(C(C)C)ncn1)C(=O)O. The molecule has 1 aromatic rings. The lowest BCUT2D eigenvalue weighted by atomic mass is 10.0. The summed E-state index contributed by atoms with van der Waals surface area (Å²) in [5, 5.41) is 12.1. The first-order chi connectivity index (χ1) is 8.40. The molecular formula is C13H21N3O2. The second kappa shape index (κ2) is 6.33. The highest BCUT2D eigenvalue weighted by molar-refractivity contribution is 5.76. The van der Waals surface area contributed by atoms with E-state index >= 15 is 0 Å². The van der Waals surface area contributed by atoms with Crippen molar-refractivity contribution < 1.29 is 9.90 Å². The van der Waals surface area contributed by atoms with Gasteiger partial charge in [0.15, 0.2) is 0 Å². The lowest BCUT2D eigenvalue weighted by molar-refractivity contribution is -0.138. The molecule has 0 aliphatic heterocycles. The van der Waals surface area contributed by atoms with Gasteiger partial charge in [0.25, 0.3) is 0 Å². The van der Waals surface area contributed by atoms with Crippen LogP contribution >= 0.6 is 0 Å². The molecule has 18 heavy (non-hydrogen) atoms. The van der Waals surface area contributed by atoms with Gasteiger partial charge < -0.3 is 10.4 Å². The Morgan fingerprint density at radius 3 is 2.50 bits per heavy atom. The van der Waals surface area contributed by atoms with Crippen LogP contribution in [-0.4, -0.2) is 27.1 Å². The van der Waals surface area contributed by atoms with E-state index in [2.05, 4.69) is 15.3 Å². The van der Waals surface area contributed by atoms with E-state index < -0.39 is 12.0 Å². The predicted molar refractivity (Wildman–Crippen MR) is 70.6 cm³/mol. The van der Waals surface area contributed by atoms with E-state index in [1.54, 1.807) is 6.07 Å². The van der Waals surface area contributed by atoms with Gasteiger partial charge >= 0.3 is 5.97 Å². The monoisotopic (exact) mass is 251 g/mol. The van der Waals surface area contributed by atoms with Crippen LogP contribution in [0, 0.1) is 5.92 Å². The molecule has 100 valence electrons. The summed E-state index contributed by atoms with van der Waals surface area (Å²) < 4.78 is 0. The molecule has 0 saturated heterocycles. The summed E-state index contributed by atoms with van der Waals surface area (Å²) in [5.74, 6) is 0.321. The van der Waals surface area contributed by atoms with Gasteiger partial charge in [-0.3, -0.25) is 0 Å². The van der Waals surface area contributed by atoms with Crippen LogP contribution < -0.4 is 5.32 Å². The van der Waals surface area contributed by atoms with Gasteiger partial charge in [-0.15, -0.1) is 0 Å². The summed E-state index contributed by atoms with van der Waals surface area (Å²) in [7, 11) is 0. The second-order valence-electron chi connectivity index (χ2n) is 5.15. The normalized spacial score (nSPS) is 12.8. The van der Waals surface area contributed by atoms with E-state index in [-0.39, 0.29) is 0 Å². The summed E-state index contributed by atoms with van der Waals surface area (Å²) in [4.78, 5) is 19.4. The number of aliphatic carboxylic acids is 1. The van der Waals surface area contributed by atoms with Gasteiger partial charge in [-0.2, -0.15) is 0 Å². The number of carbonyl (C=O) groups is 1. The van der Waals surface area contributed by atoms with E-state index in [9.17, 15) is 4.79 Å². The molecule has 0 spiro atoms. The summed E-state index contributed by atoms with van der Waals surface area (Å²) in [5.41, 5.74) is 0.904. The van der Waals surface area contributed by atoms with E-state index in [0.717, 1.165) is 5.69 Å². The third-order valence-electron chi connectivity index (χ3n) is 2.61.